The van der Waals surface area contributed by atoms with Crippen molar-refractivity contribution in [3.8, 4) is 0 Å². The lowest BCUT2D eigenvalue weighted by molar-refractivity contribution is -0.137. The van der Waals surface area contributed by atoms with E-state index in [0.717, 1.165) is 35.8 Å². The minimum atomic E-state index is -0.909. The number of carboxylic acids is 1. The second-order valence-corrected chi connectivity index (χ2v) is 8.46. The maximum atomic E-state index is 12.4. The molecule has 0 radical (unpaired) electrons. The summed E-state index contributed by atoms with van der Waals surface area (Å²) in [6.07, 6.45) is 4.93. The predicted octanol–water partition coefficient (Wildman–Crippen LogP) is 4.11. The van der Waals surface area contributed by atoms with Gasteiger partial charge in [0.05, 0.1) is 12.6 Å². The Kier molecular flexibility index (Phi) is 8.18. The lowest BCUT2D eigenvalue weighted by Crippen LogP contribution is -2.38. The Morgan fingerprint density at radius 2 is 1.90 bits per heavy atom. The van der Waals surface area contributed by atoms with Crippen LogP contribution in [0.1, 0.15) is 42.4 Å². The molecule has 2 aromatic carbocycles. The van der Waals surface area contributed by atoms with E-state index in [1.54, 1.807) is 17.6 Å². The van der Waals surface area contributed by atoms with Crippen molar-refractivity contribution >= 4 is 39.5 Å². The number of carbonyl (C=O) groups is 2. The van der Waals surface area contributed by atoms with Gasteiger partial charge in [-0.15, -0.1) is 11.3 Å². The van der Waals surface area contributed by atoms with Crippen molar-refractivity contribution < 1.29 is 14.7 Å². The van der Waals surface area contributed by atoms with Gasteiger partial charge in [-0.2, -0.15) is 5.10 Å². The fraction of sp³-hybridized carbons (Fsp3) is 0.292. The van der Waals surface area contributed by atoms with Crippen molar-refractivity contribution in [3.05, 3.63) is 70.6 Å². The van der Waals surface area contributed by atoms with Gasteiger partial charge in [0.25, 0.3) is 0 Å². The fourth-order valence-electron chi connectivity index (χ4n) is 3.61. The van der Waals surface area contributed by atoms with Crippen LogP contribution in [0, 0.1) is 0 Å². The normalized spacial score (nSPS) is 12.3. The van der Waals surface area contributed by atoms with Gasteiger partial charge in [-0.05, 0) is 59.2 Å². The molecular formula is C24H27N3O3S. The number of nitrogens with two attached hydrogens (primary N) is 1. The van der Waals surface area contributed by atoms with Crippen LogP contribution in [0.3, 0.4) is 0 Å². The van der Waals surface area contributed by atoms with E-state index < -0.39 is 12.0 Å². The van der Waals surface area contributed by atoms with Crippen molar-refractivity contribution in [3.63, 3.8) is 0 Å². The molecule has 7 heteroatoms. The summed E-state index contributed by atoms with van der Waals surface area (Å²) in [5.41, 5.74) is 3.23. The maximum absolute atomic E-state index is 12.4. The Morgan fingerprint density at radius 1 is 1.13 bits per heavy atom. The van der Waals surface area contributed by atoms with Gasteiger partial charge in [0.2, 0.25) is 5.91 Å². The summed E-state index contributed by atoms with van der Waals surface area (Å²) in [6, 6.07) is 15.6. The van der Waals surface area contributed by atoms with E-state index in [9.17, 15) is 14.7 Å². The first-order valence-corrected chi connectivity index (χ1v) is 11.2. The van der Waals surface area contributed by atoms with Gasteiger partial charge >= 0.3 is 5.97 Å². The van der Waals surface area contributed by atoms with Crippen LogP contribution in [0.5, 0.6) is 0 Å². The van der Waals surface area contributed by atoms with Gasteiger partial charge in [-0.3, -0.25) is 9.59 Å². The summed E-state index contributed by atoms with van der Waals surface area (Å²) in [7, 11) is 0. The number of unbranched alkanes of at least 4 members (excludes halogenated alkanes) is 1. The minimum absolute atomic E-state index is 0.0889. The molecule has 0 spiro atoms. The molecule has 4 N–H and O–H groups in total. The molecule has 1 heterocycles. The number of hydrogen-bond donors (Lipinski definition) is 3. The smallest absolute Gasteiger partial charge is 0.305 e. The van der Waals surface area contributed by atoms with Gasteiger partial charge < -0.3 is 16.3 Å². The van der Waals surface area contributed by atoms with Crippen LogP contribution in [0.15, 0.2) is 59.0 Å². The third-order valence-electron chi connectivity index (χ3n) is 5.14. The maximum Gasteiger partial charge on any atom is 0.305 e. The summed E-state index contributed by atoms with van der Waals surface area (Å²) >= 11 is 1.64. The highest BCUT2D eigenvalue weighted by Crippen LogP contribution is 2.27. The lowest BCUT2D eigenvalue weighted by atomic mass is 10.0. The SMILES string of the molecule is NN=Cc1ccc(CCCCC(=O)N[C@@H](CC(=O)O)Cc2csc3ccccc23)cc1. The summed E-state index contributed by atoms with van der Waals surface area (Å²) in [5, 5.41) is 18.9. The molecule has 0 saturated carbocycles. The Bertz CT molecular complexity index is 1040. The molecule has 3 rings (SSSR count). The molecule has 0 bridgehead atoms. The van der Waals surface area contributed by atoms with Gasteiger partial charge in [-0.1, -0.05) is 42.5 Å². The minimum Gasteiger partial charge on any atom is -0.481 e. The molecule has 0 fully saturated rings. The average Bonchev–Trinajstić information content (AvgIpc) is 3.15. The van der Waals surface area contributed by atoms with E-state index in [1.165, 1.54) is 10.3 Å². The van der Waals surface area contributed by atoms with Crippen molar-refractivity contribution in [2.75, 3.05) is 0 Å². The van der Waals surface area contributed by atoms with Gasteiger partial charge in [0.15, 0.2) is 0 Å². The largest absolute Gasteiger partial charge is 0.481 e. The van der Waals surface area contributed by atoms with Crippen molar-refractivity contribution in [2.45, 2.75) is 44.6 Å². The number of amides is 1. The number of nitrogens with zero attached hydrogens (tertiary/aromatic N) is 1. The van der Waals surface area contributed by atoms with E-state index >= 15 is 0 Å². The molecule has 1 amide bonds. The second-order valence-electron chi connectivity index (χ2n) is 7.55. The zero-order valence-corrected chi connectivity index (χ0v) is 18.1. The molecule has 3 aromatic rings. The molecular weight excluding hydrogens is 410 g/mol. The number of rotatable bonds is 11. The summed E-state index contributed by atoms with van der Waals surface area (Å²) in [6.45, 7) is 0. The van der Waals surface area contributed by atoms with Crippen LogP contribution in [0.25, 0.3) is 10.1 Å². The molecule has 31 heavy (non-hydrogen) atoms. The number of fused-ring (bicyclic) bond motifs is 1. The van der Waals surface area contributed by atoms with Crippen LogP contribution in [0.4, 0.5) is 0 Å². The third kappa shape index (κ3) is 6.93. The van der Waals surface area contributed by atoms with E-state index in [0.29, 0.717) is 12.8 Å². The van der Waals surface area contributed by atoms with Gasteiger partial charge in [-0.25, -0.2) is 0 Å². The van der Waals surface area contributed by atoms with E-state index in [2.05, 4.69) is 15.8 Å². The predicted molar refractivity (Wildman–Crippen MR) is 125 cm³/mol. The summed E-state index contributed by atoms with van der Waals surface area (Å²) in [4.78, 5) is 23.7. The van der Waals surface area contributed by atoms with Crippen molar-refractivity contribution in [1.29, 1.82) is 0 Å². The number of benzene rings is 2. The monoisotopic (exact) mass is 437 g/mol. The number of nitrogens with one attached hydrogen (secondary N) is 1. The highest BCUT2D eigenvalue weighted by Gasteiger charge is 2.18. The zero-order chi connectivity index (χ0) is 22.1. The van der Waals surface area contributed by atoms with Crippen LogP contribution in [-0.2, 0) is 22.4 Å². The van der Waals surface area contributed by atoms with E-state index in [-0.39, 0.29) is 12.3 Å². The highest BCUT2D eigenvalue weighted by molar-refractivity contribution is 7.17. The van der Waals surface area contributed by atoms with Gasteiger partial charge in [0.1, 0.15) is 0 Å². The quantitative estimate of drug-likeness (QED) is 0.182. The Morgan fingerprint density at radius 3 is 2.65 bits per heavy atom. The molecule has 0 unspecified atom stereocenters. The van der Waals surface area contributed by atoms with Gasteiger partial charge in [0, 0.05) is 17.2 Å². The Hall–Kier alpha value is -3.19. The molecule has 6 nitrogen and oxygen atoms in total. The van der Waals surface area contributed by atoms with Crippen LogP contribution >= 0.6 is 11.3 Å². The first-order valence-electron chi connectivity index (χ1n) is 10.3. The first kappa shape index (κ1) is 22.5. The lowest BCUT2D eigenvalue weighted by Gasteiger charge is -2.17. The van der Waals surface area contributed by atoms with Crippen LogP contribution < -0.4 is 11.2 Å². The summed E-state index contributed by atoms with van der Waals surface area (Å²) in [5.74, 6) is 4.14. The molecule has 0 aliphatic carbocycles. The Balaban J connectivity index is 1.48. The molecule has 1 atom stereocenters. The number of aliphatic carboxylic acids is 1. The van der Waals surface area contributed by atoms with E-state index in [1.807, 2.05) is 48.5 Å². The summed E-state index contributed by atoms with van der Waals surface area (Å²) < 4.78 is 1.17. The fourth-order valence-corrected chi connectivity index (χ4v) is 4.59. The molecule has 162 valence electrons. The van der Waals surface area contributed by atoms with E-state index in [4.69, 9.17) is 5.84 Å². The van der Waals surface area contributed by atoms with Crippen molar-refractivity contribution in [1.82, 2.24) is 5.32 Å². The third-order valence-corrected chi connectivity index (χ3v) is 6.15. The van der Waals surface area contributed by atoms with Crippen LogP contribution in [0.2, 0.25) is 0 Å². The number of carboxylic acid groups (broad SMARTS) is 1. The zero-order valence-electron chi connectivity index (χ0n) is 17.3. The molecule has 1 aromatic heterocycles. The number of carbonyl (C=O) groups excluding carboxylic acids is 1. The topological polar surface area (TPSA) is 105 Å². The number of hydrogen-bond acceptors (Lipinski definition) is 5. The standard InChI is InChI=1S/C24H27N3O3S/c25-26-15-18-11-9-17(10-12-18)5-1-4-8-23(28)27-20(14-24(29)30)13-19-16-31-22-7-3-2-6-21(19)22/h2-3,6-7,9-12,15-16,20H,1,4-5,8,13-14,25H2,(H,27,28)(H,29,30)/t20-/m1/s1. The molecule has 0 aliphatic heterocycles. The number of aryl methyl sites for hydroxylation is 1. The number of hydrazone groups is 1. The molecule has 0 aliphatic rings. The average molecular weight is 438 g/mol. The van der Waals surface area contributed by atoms with Crippen molar-refractivity contribution in [2.24, 2.45) is 10.9 Å². The second kappa shape index (κ2) is 11.3. The Labute approximate surface area is 185 Å². The van der Waals surface area contributed by atoms with Crippen LogP contribution in [-0.4, -0.2) is 29.2 Å². The number of thiophene rings is 1. The molecule has 0 saturated heterocycles. The first-order chi connectivity index (χ1) is 15.0. The highest BCUT2D eigenvalue weighted by atomic mass is 32.1.